The number of para-hydroxylation sites is 2. The number of anilines is 2. The molecule has 2 fully saturated rings. The van der Waals surface area contributed by atoms with Crippen molar-refractivity contribution in [1.29, 1.82) is 0 Å². The maximum absolute atomic E-state index is 12.9. The van der Waals surface area contributed by atoms with Gasteiger partial charge in [0, 0.05) is 22.6 Å². The van der Waals surface area contributed by atoms with Crippen LogP contribution in [-0.4, -0.2) is 34.1 Å². The van der Waals surface area contributed by atoms with E-state index in [2.05, 4.69) is 0 Å². The number of carbonyl (C=O) groups excluding carboxylic acids is 4. The van der Waals surface area contributed by atoms with Gasteiger partial charge in [0.1, 0.15) is 11.5 Å². The molecule has 204 valence electrons. The van der Waals surface area contributed by atoms with E-state index in [0.717, 1.165) is 9.79 Å². The second-order valence-corrected chi connectivity index (χ2v) is 12.0. The van der Waals surface area contributed by atoms with E-state index in [4.69, 9.17) is 4.74 Å². The summed E-state index contributed by atoms with van der Waals surface area (Å²) in [6.45, 7) is 0. The molecule has 41 heavy (non-hydrogen) atoms. The lowest BCUT2D eigenvalue weighted by Gasteiger charge is -2.15. The Kier molecular flexibility index (Phi) is 7.63. The van der Waals surface area contributed by atoms with E-state index in [-0.39, 0.29) is 36.5 Å². The standard InChI is InChI=1S/C32H24N2O5S2/c35-29-19-27(31(37)33(29)21-7-3-1-4-8-21)40-25-15-11-23(12-16-25)39-24-13-17-26(18-14-24)41-28-20-30(36)34(32(28)38)22-9-5-2-6-10-22/h1-18,27-28H,19-20H2/t27-,28+. The summed E-state index contributed by atoms with van der Waals surface area (Å²) in [6, 6.07) is 32.7. The number of amides is 4. The van der Waals surface area contributed by atoms with Crippen LogP contribution in [0.15, 0.2) is 119 Å². The van der Waals surface area contributed by atoms with E-state index in [1.54, 1.807) is 48.5 Å². The number of carbonyl (C=O) groups is 4. The zero-order valence-electron chi connectivity index (χ0n) is 21.7. The van der Waals surface area contributed by atoms with Crippen molar-refractivity contribution in [3.63, 3.8) is 0 Å². The molecule has 0 N–H and O–H groups in total. The Labute approximate surface area is 245 Å². The lowest BCUT2D eigenvalue weighted by molar-refractivity contribution is -0.122. The molecular formula is C32H24N2O5S2. The molecule has 0 saturated carbocycles. The summed E-state index contributed by atoms with van der Waals surface area (Å²) < 4.78 is 5.98. The van der Waals surface area contributed by atoms with Crippen molar-refractivity contribution in [3.05, 3.63) is 109 Å². The first-order valence-corrected chi connectivity index (χ1v) is 14.8. The molecule has 9 heteroatoms. The van der Waals surface area contributed by atoms with Crippen molar-refractivity contribution in [1.82, 2.24) is 0 Å². The van der Waals surface area contributed by atoms with Gasteiger partial charge in [0.15, 0.2) is 0 Å². The first-order valence-electron chi connectivity index (χ1n) is 13.0. The molecule has 2 aliphatic rings. The number of nitrogens with zero attached hydrogens (tertiary/aromatic N) is 2. The van der Waals surface area contributed by atoms with Crippen molar-refractivity contribution >= 4 is 58.5 Å². The van der Waals surface area contributed by atoms with Crippen molar-refractivity contribution in [2.75, 3.05) is 9.80 Å². The van der Waals surface area contributed by atoms with E-state index in [1.165, 1.54) is 33.3 Å². The number of rotatable bonds is 8. The highest BCUT2D eigenvalue weighted by atomic mass is 32.2. The van der Waals surface area contributed by atoms with E-state index < -0.39 is 10.5 Å². The maximum Gasteiger partial charge on any atom is 0.247 e. The van der Waals surface area contributed by atoms with Crippen molar-refractivity contribution < 1.29 is 23.9 Å². The Hall–Kier alpha value is -4.34. The first-order chi connectivity index (χ1) is 20.0. The minimum Gasteiger partial charge on any atom is -0.457 e. The first kappa shape index (κ1) is 26.9. The van der Waals surface area contributed by atoms with Crippen LogP contribution in [0.2, 0.25) is 0 Å². The Bertz CT molecular complexity index is 1470. The van der Waals surface area contributed by atoms with Gasteiger partial charge in [-0.15, -0.1) is 23.5 Å². The van der Waals surface area contributed by atoms with Crippen LogP contribution in [0.25, 0.3) is 0 Å². The van der Waals surface area contributed by atoms with Crippen molar-refractivity contribution in [2.24, 2.45) is 0 Å². The van der Waals surface area contributed by atoms with Crippen LogP contribution in [0.3, 0.4) is 0 Å². The number of imide groups is 2. The molecule has 0 spiro atoms. The summed E-state index contributed by atoms with van der Waals surface area (Å²) in [6.07, 6.45) is 0.317. The number of thioether (sulfide) groups is 2. The summed E-state index contributed by atoms with van der Waals surface area (Å²) in [5.41, 5.74) is 1.19. The third kappa shape index (κ3) is 5.77. The molecule has 0 bridgehead atoms. The van der Waals surface area contributed by atoms with E-state index in [9.17, 15) is 19.2 Å². The maximum atomic E-state index is 12.9. The van der Waals surface area contributed by atoms with Gasteiger partial charge in [-0.2, -0.15) is 0 Å². The lowest BCUT2D eigenvalue weighted by Crippen LogP contribution is -2.30. The van der Waals surface area contributed by atoms with Gasteiger partial charge in [-0.25, -0.2) is 9.80 Å². The molecule has 0 unspecified atom stereocenters. The quantitative estimate of drug-likeness (QED) is 0.225. The van der Waals surface area contributed by atoms with Gasteiger partial charge in [-0.05, 0) is 72.8 Å². The van der Waals surface area contributed by atoms with Gasteiger partial charge in [-0.3, -0.25) is 19.2 Å². The van der Waals surface area contributed by atoms with Crippen LogP contribution >= 0.6 is 23.5 Å². The van der Waals surface area contributed by atoms with Gasteiger partial charge in [-0.1, -0.05) is 36.4 Å². The molecule has 2 aliphatic heterocycles. The molecule has 4 aromatic rings. The normalized spacial score (nSPS) is 18.8. The molecule has 0 aromatic heterocycles. The fourth-order valence-electron chi connectivity index (χ4n) is 4.73. The van der Waals surface area contributed by atoms with Crippen molar-refractivity contribution in [3.8, 4) is 11.5 Å². The van der Waals surface area contributed by atoms with Gasteiger partial charge < -0.3 is 4.74 Å². The van der Waals surface area contributed by atoms with Crippen molar-refractivity contribution in [2.45, 2.75) is 33.1 Å². The summed E-state index contributed by atoms with van der Waals surface area (Å²) in [4.78, 5) is 55.1. The Balaban J connectivity index is 1.04. The summed E-state index contributed by atoms with van der Waals surface area (Å²) in [5, 5.41) is -0.942. The molecule has 0 radical (unpaired) electrons. The van der Waals surface area contributed by atoms with Crippen LogP contribution in [-0.2, 0) is 19.2 Å². The zero-order chi connectivity index (χ0) is 28.3. The van der Waals surface area contributed by atoms with Gasteiger partial charge in [0.25, 0.3) is 0 Å². The van der Waals surface area contributed by atoms with Gasteiger partial charge in [0.2, 0.25) is 23.6 Å². The number of ether oxygens (including phenoxy) is 1. The average molecular weight is 581 g/mol. The Morgan fingerprint density at radius 2 is 0.878 bits per heavy atom. The Morgan fingerprint density at radius 3 is 1.24 bits per heavy atom. The highest BCUT2D eigenvalue weighted by Crippen LogP contribution is 2.37. The zero-order valence-corrected chi connectivity index (χ0v) is 23.3. The molecule has 4 amide bonds. The summed E-state index contributed by atoms with van der Waals surface area (Å²) in [5.74, 6) is 0.450. The smallest absolute Gasteiger partial charge is 0.247 e. The monoisotopic (exact) mass is 580 g/mol. The molecule has 2 atom stereocenters. The predicted octanol–water partition coefficient (Wildman–Crippen LogP) is 6.33. The van der Waals surface area contributed by atoms with E-state index in [0.29, 0.717) is 22.9 Å². The second-order valence-electron chi connectivity index (χ2n) is 9.47. The van der Waals surface area contributed by atoms with Crippen LogP contribution in [0, 0.1) is 0 Å². The number of benzene rings is 4. The summed E-state index contributed by atoms with van der Waals surface area (Å²) in [7, 11) is 0. The fourth-order valence-corrected chi connectivity index (χ4v) is 6.83. The molecule has 2 saturated heterocycles. The third-order valence-electron chi connectivity index (χ3n) is 6.68. The second kappa shape index (κ2) is 11.6. The largest absolute Gasteiger partial charge is 0.457 e. The predicted molar refractivity (Wildman–Crippen MR) is 159 cm³/mol. The number of hydrogen-bond acceptors (Lipinski definition) is 7. The number of hydrogen-bond donors (Lipinski definition) is 0. The Morgan fingerprint density at radius 1 is 0.512 bits per heavy atom. The van der Waals surface area contributed by atoms with Crippen LogP contribution < -0.4 is 14.5 Å². The highest BCUT2D eigenvalue weighted by Gasteiger charge is 2.41. The molecule has 0 aliphatic carbocycles. The molecule has 4 aromatic carbocycles. The molecular weight excluding hydrogens is 556 g/mol. The average Bonchev–Trinajstić information content (AvgIpc) is 3.43. The highest BCUT2D eigenvalue weighted by molar-refractivity contribution is 8.01. The van der Waals surface area contributed by atoms with E-state index >= 15 is 0 Å². The SMILES string of the molecule is O=C1C[C@H](Sc2ccc(Oc3ccc(S[C@@H]4CC(=O)N(c5ccccc5)C4=O)cc3)cc2)C(=O)N1c1ccccc1. The fraction of sp³-hybridized carbons (Fsp3) is 0.125. The van der Waals surface area contributed by atoms with Crippen LogP contribution in [0.5, 0.6) is 11.5 Å². The third-order valence-corrected chi connectivity index (χ3v) is 9.07. The van der Waals surface area contributed by atoms with Gasteiger partial charge >= 0.3 is 0 Å². The molecule has 7 nitrogen and oxygen atoms in total. The topological polar surface area (TPSA) is 84.0 Å². The lowest BCUT2D eigenvalue weighted by atomic mass is 10.3. The van der Waals surface area contributed by atoms with Crippen LogP contribution in [0.4, 0.5) is 11.4 Å². The molecule has 6 rings (SSSR count). The summed E-state index contributed by atoms with van der Waals surface area (Å²) >= 11 is 2.73. The minimum atomic E-state index is -0.471. The minimum absolute atomic E-state index is 0.159. The van der Waals surface area contributed by atoms with Crippen LogP contribution in [0.1, 0.15) is 12.8 Å². The molecule has 2 heterocycles. The van der Waals surface area contributed by atoms with E-state index in [1.807, 2.05) is 60.7 Å². The van der Waals surface area contributed by atoms with Gasteiger partial charge in [0.05, 0.1) is 21.9 Å².